The quantitative estimate of drug-likeness (QED) is 0.471. The number of aliphatic hydroxyl groups is 1. The van der Waals surface area contributed by atoms with Crippen molar-refractivity contribution in [2.75, 3.05) is 0 Å². The number of allylic oxidation sites excluding steroid dienone is 2. The summed E-state index contributed by atoms with van der Waals surface area (Å²) < 4.78 is 0.770. The van der Waals surface area contributed by atoms with Crippen molar-refractivity contribution in [1.29, 1.82) is 0 Å². The van der Waals surface area contributed by atoms with Gasteiger partial charge < -0.3 is 5.11 Å². The van der Waals surface area contributed by atoms with Crippen molar-refractivity contribution < 1.29 is 5.11 Å². The molecule has 74 valence electrons. The minimum absolute atomic E-state index is 0.0181. The molecule has 0 aromatic rings. The van der Waals surface area contributed by atoms with Gasteiger partial charge in [-0.2, -0.15) is 0 Å². The Hall–Kier alpha value is 0.430. The molecule has 0 spiro atoms. The van der Waals surface area contributed by atoms with Crippen molar-refractivity contribution in [1.82, 2.24) is 0 Å². The van der Waals surface area contributed by atoms with E-state index < -0.39 is 0 Å². The van der Waals surface area contributed by atoms with E-state index in [1.165, 1.54) is 25.7 Å². The van der Waals surface area contributed by atoms with Crippen LogP contribution in [-0.2, 0) is 0 Å². The summed E-state index contributed by atoms with van der Waals surface area (Å²) in [5.41, 5.74) is 1.66. The Kier molecular flexibility index (Phi) is 3.30. The highest BCUT2D eigenvalue weighted by Crippen LogP contribution is 2.36. The molecule has 1 N–H and O–H groups in total. The van der Waals surface area contributed by atoms with E-state index in [1.807, 2.05) is 0 Å². The van der Waals surface area contributed by atoms with Gasteiger partial charge >= 0.3 is 0 Å². The molecule has 1 atom stereocenters. The lowest BCUT2D eigenvalue weighted by molar-refractivity contribution is 0.0428. The van der Waals surface area contributed by atoms with Crippen LogP contribution in [0.3, 0.4) is 0 Å². The van der Waals surface area contributed by atoms with Gasteiger partial charge in [-0.25, -0.2) is 0 Å². The van der Waals surface area contributed by atoms with E-state index >= 15 is 0 Å². The smallest absolute Gasteiger partial charge is 0.0545 e. The van der Waals surface area contributed by atoms with E-state index in [9.17, 15) is 5.11 Å². The molecule has 2 aliphatic carbocycles. The third kappa shape index (κ3) is 2.69. The Balaban J connectivity index is 1.80. The molecule has 0 radical (unpaired) electrons. The molecule has 0 aromatic carbocycles. The number of hydrogen-bond donors (Lipinski definition) is 1. The van der Waals surface area contributed by atoms with Crippen LogP contribution < -0.4 is 0 Å². The third-order valence-electron chi connectivity index (χ3n) is 3.16. The van der Waals surface area contributed by atoms with Gasteiger partial charge in [0, 0.05) is 3.92 Å². The van der Waals surface area contributed by atoms with Crippen LogP contribution in [0.4, 0.5) is 0 Å². The molecular formula is C11H17IO. The maximum atomic E-state index is 9.18. The predicted octanol–water partition coefficient (Wildman–Crippen LogP) is 3.06. The maximum Gasteiger partial charge on any atom is 0.0545 e. The summed E-state index contributed by atoms with van der Waals surface area (Å²) in [5.74, 6) is 0.794. The van der Waals surface area contributed by atoms with Gasteiger partial charge in [-0.1, -0.05) is 34.2 Å². The van der Waals surface area contributed by atoms with Gasteiger partial charge in [-0.05, 0) is 44.4 Å². The Labute approximate surface area is 93.7 Å². The van der Waals surface area contributed by atoms with Gasteiger partial charge in [0.2, 0.25) is 0 Å². The van der Waals surface area contributed by atoms with Crippen LogP contribution in [0.15, 0.2) is 11.6 Å². The monoisotopic (exact) mass is 292 g/mol. The lowest BCUT2D eigenvalue weighted by atomic mass is 9.77. The minimum Gasteiger partial charge on any atom is -0.393 e. The van der Waals surface area contributed by atoms with E-state index in [0.29, 0.717) is 0 Å². The Morgan fingerprint density at radius 3 is 2.85 bits per heavy atom. The molecule has 0 heterocycles. The van der Waals surface area contributed by atoms with Gasteiger partial charge in [0.05, 0.1) is 6.10 Å². The summed E-state index contributed by atoms with van der Waals surface area (Å²) in [7, 11) is 0. The first kappa shape index (κ1) is 9.97. The number of alkyl halides is 1. The first-order valence-electron chi connectivity index (χ1n) is 5.26. The zero-order valence-electron chi connectivity index (χ0n) is 7.88. The molecule has 1 fully saturated rings. The summed E-state index contributed by atoms with van der Waals surface area (Å²) >= 11 is 2.53. The second kappa shape index (κ2) is 4.30. The highest BCUT2D eigenvalue weighted by Gasteiger charge is 2.28. The van der Waals surface area contributed by atoms with Gasteiger partial charge in [-0.15, -0.1) is 0 Å². The molecule has 2 rings (SSSR count). The fourth-order valence-electron chi connectivity index (χ4n) is 2.35. The summed E-state index contributed by atoms with van der Waals surface area (Å²) in [6.07, 6.45) is 9.86. The van der Waals surface area contributed by atoms with E-state index in [4.69, 9.17) is 0 Å². The second-order valence-electron chi connectivity index (χ2n) is 4.43. The lowest BCUT2D eigenvalue weighted by Crippen LogP contribution is -2.28. The van der Waals surface area contributed by atoms with Crippen LogP contribution in [0.25, 0.3) is 0 Å². The Morgan fingerprint density at radius 1 is 1.46 bits per heavy atom. The first-order valence-corrected chi connectivity index (χ1v) is 6.50. The zero-order valence-corrected chi connectivity index (χ0v) is 10.0. The highest BCUT2D eigenvalue weighted by atomic mass is 127. The largest absolute Gasteiger partial charge is 0.393 e. The van der Waals surface area contributed by atoms with Crippen LogP contribution in [0.2, 0.25) is 0 Å². The van der Waals surface area contributed by atoms with Crippen LogP contribution in [0.5, 0.6) is 0 Å². The van der Waals surface area contributed by atoms with Gasteiger partial charge in [-0.3, -0.25) is 0 Å². The summed E-state index contributed by atoms with van der Waals surface area (Å²) in [6, 6.07) is 0. The number of hydrogen-bond acceptors (Lipinski definition) is 1. The molecular weight excluding hydrogens is 275 g/mol. The molecule has 13 heavy (non-hydrogen) atoms. The van der Waals surface area contributed by atoms with Crippen molar-refractivity contribution in [2.24, 2.45) is 5.92 Å². The molecule has 0 bridgehead atoms. The fraction of sp³-hybridized carbons (Fsp3) is 0.818. The molecule has 1 saturated carbocycles. The number of rotatable bonds is 2. The topological polar surface area (TPSA) is 20.2 Å². The SMILES string of the molecule is OC1CC(CC2=CC(I)CCC2)C1. The van der Waals surface area contributed by atoms with E-state index in [1.54, 1.807) is 5.57 Å². The van der Waals surface area contributed by atoms with Crippen LogP contribution >= 0.6 is 22.6 Å². The van der Waals surface area contributed by atoms with Crippen LogP contribution in [0, 0.1) is 5.92 Å². The standard InChI is InChI=1S/C11H17IO/c12-10-3-1-2-8(5-10)4-9-6-11(13)7-9/h5,9-11,13H,1-4,6-7H2. The van der Waals surface area contributed by atoms with Crippen molar-refractivity contribution in [3.05, 3.63) is 11.6 Å². The van der Waals surface area contributed by atoms with Gasteiger partial charge in [0.15, 0.2) is 0 Å². The van der Waals surface area contributed by atoms with Crippen molar-refractivity contribution in [3.8, 4) is 0 Å². The molecule has 0 amide bonds. The lowest BCUT2D eigenvalue weighted by Gasteiger charge is -2.33. The van der Waals surface area contributed by atoms with E-state index in [-0.39, 0.29) is 6.10 Å². The van der Waals surface area contributed by atoms with Gasteiger partial charge in [0.1, 0.15) is 0 Å². The third-order valence-corrected chi connectivity index (χ3v) is 4.14. The molecule has 0 saturated heterocycles. The Bertz CT molecular complexity index is 206. The van der Waals surface area contributed by atoms with E-state index in [2.05, 4.69) is 28.7 Å². The molecule has 1 unspecified atom stereocenters. The zero-order chi connectivity index (χ0) is 9.26. The fourth-order valence-corrected chi connectivity index (χ4v) is 3.30. The maximum absolute atomic E-state index is 9.18. The van der Waals surface area contributed by atoms with Crippen LogP contribution in [-0.4, -0.2) is 15.1 Å². The average molecular weight is 292 g/mol. The minimum atomic E-state index is 0.0181. The first-order chi connectivity index (χ1) is 6.24. The van der Waals surface area contributed by atoms with Crippen LogP contribution in [0.1, 0.15) is 38.5 Å². The molecule has 0 aromatic heterocycles. The summed E-state index contributed by atoms with van der Waals surface area (Å²) in [6.45, 7) is 0. The Morgan fingerprint density at radius 2 is 2.23 bits per heavy atom. The normalized spacial score (nSPS) is 39.5. The number of aliphatic hydroxyl groups excluding tert-OH is 1. The van der Waals surface area contributed by atoms with Crippen molar-refractivity contribution in [2.45, 2.75) is 48.6 Å². The van der Waals surface area contributed by atoms with E-state index in [0.717, 1.165) is 22.7 Å². The second-order valence-corrected chi connectivity index (χ2v) is 6.03. The summed E-state index contributed by atoms with van der Waals surface area (Å²) in [4.78, 5) is 0. The molecule has 0 aliphatic heterocycles. The highest BCUT2D eigenvalue weighted by molar-refractivity contribution is 14.1. The summed E-state index contributed by atoms with van der Waals surface area (Å²) in [5, 5.41) is 9.18. The molecule has 1 nitrogen and oxygen atoms in total. The average Bonchev–Trinajstić information content (AvgIpc) is 2.01. The molecule has 2 aliphatic rings. The van der Waals surface area contributed by atoms with Crippen molar-refractivity contribution >= 4 is 22.6 Å². The predicted molar refractivity (Wildman–Crippen MR) is 63.1 cm³/mol. The number of halogens is 1. The van der Waals surface area contributed by atoms with Gasteiger partial charge in [0.25, 0.3) is 0 Å². The van der Waals surface area contributed by atoms with Crippen molar-refractivity contribution in [3.63, 3.8) is 0 Å². The molecule has 2 heteroatoms.